The molecule has 2 N–H and O–H groups in total. The molecule has 22 heavy (non-hydrogen) atoms. The van der Waals surface area contributed by atoms with Crippen LogP contribution in [0.15, 0.2) is 42.6 Å². The summed E-state index contributed by atoms with van der Waals surface area (Å²) < 4.78 is 28.5. The molecule has 0 atom stereocenters. The molecule has 7 nitrogen and oxygen atoms in total. The Kier molecular flexibility index (Phi) is 4.32. The molecule has 0 unspecified atom stereocenters. The van der Waals surface area contributed by atoms with Crippen molar-refractivity contribution >= 4 is 16.2 Å². The van der Waals surface area contributed by atoms with Gasteiger partial charge in [0.15, 0.2) is 0 Å². The van der Waals surface area contributed by atoms with Gasteiger partial charge in [0, 0.05) is 37.9 Å². The first-order chi connectivity index (χ1) is 10.6. The fourth-order valence-corrected chi connectivity index (χ4v) is 3.36. The largest absolute Gasteiger partial charge is 0.314 e. The molecule has 1 fully saturated rings. The highest BCUT2D eigenvalue weighted by Crippen LogP contribution is 2.17. The molecule has 0 spiro atoms. The number of nitrogens with one attached hydrogen (secondary N) is 2. The Bertz CT molecular complexity index is 730. The van der Waals surface area contributed by atoms with Crippen LogP contribution in [0.3, 0.4) is 0 Å². The van der Waals surface area contributed by atoms with Crippen molar-refractivity contribution in [3.8, 4) is 11.3 Å². The van der Waals surface area contributed by atoms with E-state index in [1.54, 1.807) is 12.3 Å². The monoisotopic (exact) mass is 319 g/mol. The Morgan fingerprint density at radius 1 is 1.09 bits per heavy atom. The Morgan fingerprint density at radius 3 is 2.55 bits per heavy atom. The third kappa shape index (κ3) is 3.41. The van der Waals surface area contributed by atoms with Crippen molar-refractivity contribution in [1.29, 1.82) is 0 Å². The molecule has 3 rings (SSSR count). The normalized spacial score (nSPS) is 16.4. The number of rotatable bonds is 4. The van der Waals surface area contributed by atoms with Gasteiger partial charge in [-0.3, -0.25) is 0 Å². The molecule has 2 aromatic rings. The summed E-state index contributed by atoms with van der Waals surface area (Å²) in [5, 5.41) is 3.12. The van der Waals surface area contributed by atoms with Crippen molar-refractivity contribution in [2.75, 3.05) is 30.9 Å². The second-order valence-corrected chi connectivity index (χ2v) is 6.56. The van der Waals surface area contributed by atoms with Crippen LogP contribution in [-0.2, 0) is 10.2 Å². The van der Waals surface area contributed by atoms with Gasteiger partial charge in [0.25, 0.3) is 0 Å². The van der Waals surface area contributed by atoms with Crippen LogP contribution in [0, 0.1) is 0 Å². The third-order valence-electron chi connectivity index (χ3n) is 3.36. The topological polar surface area (TPSA) is 87.2 Å². The summed E-state index contributed by atoms with van der Waals surface area (Å²) in [6.45, 7) is 2.17. The first-order valence-corrected chi connectivity index (χ1v) is 8.46. The van der Waals surface area contributed by atoms with Gasteiger partial charge < -0.3 is 5.32 Å². The van der Waals surface area contributed by atoms with Crippen LogP contribution in [0.2, 0.25) is 0 Å². The van der Waals surface area contributed by atoms with E-state index in [2.05, 4.69) is 20.0 Å². The molecule has 0 amide bonds. The summed E-state index contributed by atoms with van der Waals surface area (Å²) >= 11 is 0. The Morgan fingerprint density at radius 2 is 1.82 bits per heavy atom. The fourth-order valence-electron chi connectivity index (χ4n) is 2.24. The molecule has 1 aromatic heterocycles. The summed E-state index contributed by atoms with van der Waals surface area (Å²) in [5.74, 6) is 0.0832. The summed E-state index contributed by atoms with van der Waals surface area (Å²) in [6.07, 6.45) is 1.55. The van der Waals surface area contributed by atoms with Gasteiger partial charge in [0.1, 0.15) is 0 Å². The zero-order valence-electron chi connectivity index (χ0n) is 11.9. The summed E-state index contributed by atoms with van der Waals surface area (Å²) in [6, 6.07) is 11.3. The predicted octanol–water partition coefficient (Wildman–Crippen LogP) is 0.705. The molecule has 0 saturated carbocycles. The van der Waals surface area contributed by atoms with E-state index in [9.17, 15) is 8.42 Å². The lowest BCUT2D eigenvalue weighted by Crippen LogP contribution is -2.48. The van der Waals surface area contributed by atoms with Gasteiger partial charge >= 0.3 is 10.2 Å². The zero-order valence-corrected chi connectivity index (χ0v) is 12.8. The van der Waals surface area contributed by atoms with E-state index in [4.69, 9.17) is 0 Å². The highest BCUT2D eigenvalue weighted by atomic mass is 32.2. The van der Waals surface area contributed by atoms with Crippen molar-refractivity contribution in [3.05, 3.63) is 42.6 Å². The second kappa shape index (κ2) is 6.39. The average Bonchev–Trinajstić information content (AvgIpc) is 2.56. The molecule has 0 aliphatic carbocycles. The first kappa shape index (κ1) is 14.9. The maximum absolute atomic E-state index is 12.3. The van der Waals surface area contributed by atoms with Crippen molar-refractivity contribution < 1.29 is 8.42 Å². The van der Waals surface area contributed by atoms with Crippen molar-refractivity contribution in [2.45, 2.75) is 0 Å². The predicted molar refractivity (Wildman–Crippen MR) is 84.5 cm³/mol. The maximum atomic E-state index is 12.3. The molecule has 2 heterocycles. The van der Waals surface area contributed by atoms with Gasteiger partial charge in [-0.1, -0.05) is 30.3 Å². The van der Waals surface area contributed by atoms with Gasteiger partial charge in [-0.05, 0) is 6.07 Å². The van der Waals surface area contributed by atoms with E-state index in [-0.39, 0.29) is 5.95 Å². The molecule has 1 aliphatic rings. The number of anilines is 1. The van der Waals surface area contributed by atoms with Crippen LogP contribution in [0.5, 0.6) is 0 Å². The number of hydrogen-bond donors (Lipinski definition) is 2. The van der Waals surface area contributed by atoms with E-state index < -0.39 is 10.2 Å². The van der Waals surface area contributed by atoms with E-state index >= 15 is 0 Å². The van der Waals surface area contributed by atoms with Gasteiger partial charge in [-0.15, -0.1) is 0 Å². The van der Waals surface area contributed by atoms with Gasteiger partial charge in [-0.25, -0.2) is 14.7 Å². The number of hydrogen-bond acceptors (Lipinski definition) is 5. The summed E-state index contributed by atoms with van der Waals surface area (Å²) in [7, 11) is -3.62. The molecule has 1 aliphatic heterocycles. The van der Waals surface area contributed by atoms with E-state index in [1.807, 2.05) is 30.3 Å². The molecule has 116 valence electrons. The number of nitrogens with zero attached hydrogens (tertiary/aromatic N) is 3. The second-order valence-electron chi connectivity index (χ2n) is 4.89. The summed E-state index contributed by atoms with van der Waals surface area (Å²) in [4.78, 5) is 8.28. The first-order valence-electron chi connectivity index (χ1n) is 7.02. The molecular formula is C14H17N5O2S. The lowest BCUT2D eigenvalue weighted by atomic mass is 10.1. The van der Waals surface area contributed by atoms with Crippen LogP contribution >= 0.6 is 0 Å². The van der Waals surface area contributed by atoms with E-state index in [0.29, 0.717) is 31.9 Å². The fraction of sp³-hybridized carbons (Fsp3) is 0.286. The minimum absolute atomic E-state index is 0.0832. The SMILES string of the molecule is O=S(=O)(Nc1nccc(-c2ccccc2)n1)N1CCNCC1. The molecule has 0 radical (unpaired) electrons. The average molecular weight is 319 g/mol. The Balaban J connectivity index is 1.81. The summed E-state index contributed by atoms with van der Waals surface area (Å²) in [5.41, 5.74) is 1.58. The number of piperazine rings is 1. The van der Waals surface area contributed by atoms with Crippen molar-refractivity contribution in [2.24, 2.45) is 0 Å². The Labute approximate surface area is 129 Å². The van der Waals surface area contributed by atoms with Gasteiger partial charge in [0.05, 0.1) is 5.69 Å². The minimum Gasteiger partial charge on any atom is -0.314 e. The minimum atomic E-state index is -3.62. The van der Waals surface area contributed by atoms with Crippen molar-refractivity contribution in [1.82, 2.24) is 19.6 Å². The quantitative estimate of drug-likeness (QED) is 0.866. The van der Waals surface area contributed by atoms with Crippen LogP contribution in [0.25, 0.3) is 11.3 Å². The van der Waals surface area contributed by atoms with E-state index in [0.717, 1.165) is 5.56 Å². The molecule has 8 heteroatoms. The smallest absolute Gasteiger partial charge is 0.304 e. The molecule has 0 bridgehead atoms. The number of aromatic nitrogens is 2. The van der Waals surface area contributed by atoms with Crippen LogP contribution in [0.1, 0.15) is 0 Å². The highest BCUT2D eigenvalue weighted by molar-refractivity contribution is 7.90. The lowest BCUT2D eigenvalue weighted by molar-refractivity contribution is 0.362. The highest BCUT2D eigenvalue weighted by Gasteiger charge is 2.24. The molecule has 1 saturated heterocycles. The van der Waals surface area contributed by atoms with Crippen LogP contribution in [-0.4, -0.2) is 48.9 Å². The third-order valence-corrected chi connectivity index (χ3v) is 4.85. The Hall–Kier alpha value is -2.03. The maximum Gasteiger partial charge on any atom is 0.304 e. The van der Waals surface area contributed by atoms with Crippen LogP contribution in [0.4, 0.5) is 5.95 Å². The molecule has 1 aromatic carbocycles. The standard InChI is InChI=1S/C14H17N5O2S/c20-22(21,19-10-8-15-9-11-19)18-14-16-7-6-13(17-14)12-4-2-1-3-5-12/h1-7,15H,8-11H2,(H,16,17,18). The lowest BCUT2D eigenvalue weighted by Gasteiger charge is -2.26. The van der Waals surface area contributed by atoms with Crippen molar-refractivity contribution in [3.63, 3.8) is 0 Å². The van der Waals surface area contributed by atoms with Gasteiger partial charge in [0.2, 0.25) is 5.95 Å². The molecular weight excluding hydrogens is 302 g/mol. The van der Waals surface area contributed by atoms with E-state index in [1.165, 1.54) is 4.31 Å². The van der Waals surface area contributed by atoms with Gasteiger partial charge in [-0.2, -0.15) is 12.7 Å². The van der Waals surface area contributed by atoms with Crippen LogP contribution < -0.4 is 10.0 Å². The zero-order chi connectivity index (χ0) is 15.4. The number of benzene rings is 1.